The van der Waals surface area contributed by atoms with Crippen LogP contribution in [0.3, 0.4) is 0 Å². The molecule has 1 aromatic rings. The van der Waals surface area contributed by atoms with Crippen LogP contribution in [-0.2, 0) is 0 Å². The largest absolute Gasteiger partial charge is 0.477 e. The second-order valence-electron chi connectivity index (χ2n) is 4.50. The summed E-state index contributed by atoms with van der Waals surface area (Å²) in [6, 6.07) is 0.150. The van der Waals surface area contributed by atoms with Gasteiger partial charge in [-0.05, 0) is 32.9 Å². The van der Waals surface area contributed by atoms with Gasteiger partial charge in [0.25, 0.3) is 5.91 Å². The van der Waals surface area contributed by atoms with Gasteiger partial charge in [0.15, 0.2) is 11.4 Å². The molecule has 7 heteroatoms. The Morgan fingerprint density at radius 1 is 1.47 bits per heavy atom. The zero-order valence-electron chi connectivity index (χ0n) is 10.8. The lowest BCUT2D eigenvalue weighted by Gasteiger charge is -2.33. The van der Waals surface area contributed by atoms with Crippen LogP contribution in [0.15, 0.2) is 6.33 Å². The van der Waals surface area contributed by atoms with Crippen LogP contribution in [0.2, 0.25) is 0 Å². The van der Waals surface area contributed by atoms with Crippen molar-refractivity contribution in [2.24, 2.45) is 0 Å². The van der Waals surface area contributed by atoms with Crippen LogP contribution in [0.25, 0.3) is 0 Å². The van der Waals surface area contributed by atoms with Gasteiger partial charge in [0.2, 0.25) is 0 Å². The zero-order valence-corrected chi connectivity index (χ0v) is 10.8. The quantitative estimate of drug-likeness (QED) is 0.729. The summed E-state index contributed by atoms with van der Waals surface area (Å²) in [5.74, 6) is -1.48. The van der Waals surface area contributed by atoms with Crippen LogP contribution in [0.1, 0.15) is 40.7 Å². The number of aromatic nitrogens is 2. The number of rotatable bonds is 4. The number of piperidine rings is 1. The molecule has 0 unspecified atom stereocenters. The minimum atomic E-state index is -1.16. The summed E-state index contributed by atoms with van der Waals surface area (Å²) < 4.78 is 0. The molecule has 1 fully saturated rings. The van der Waals surface area contributed by atoms with Gasteiger partial charge in [0.1, 0.15) is 0 Å². The Balaban J connectivity index is 2.20. The predicted molar refractivity (Wildman–Crippen MR) is 68.1 cm³/mol. The van der Waals surface area contributed by atoms with E-state index < -0.39 is 5.97 Å². The SMILES string of the molecule is CCN(C(=O)c1nc[nH]c1C(=O)O)C1CCNCC1. The van der Waals surface area contributed by atoms with Gasteiger partial charge in [-0.1, -0.05) is 0 Å². The molecular weight excluding hydrogens is 248 g/mol. The molecule has 0 radical (unpaired) electrons. The molecular formula is C12H18N4O3. The number of aromatic carboxylic acids is 1. The van der Waals surface area contributed by atoms with E-state index >= 15 is 0 Å². The molecule has 0 spiro atoms. The highest BCUT2D eigenvalue weighted by Gasteiger charge is 2.29. The molecule has 3 N–H and O–H groups in total. The van der Waals surface area contributed by atoms with Crippen molar-refractivity contribution in [3.8, 4) is 0 Å². The van der Waals surface area contributed by atoms with Gasteiger partial charge in [-0.15, -0.1) is 0 Å². The van der Waals surface area contributed by atoms with Crippen molar-refractivity contribution in [2.45, 2.75) is 25.8 Å². The molecule has 104 valence electrons. The fourth-order valence-electron chi connectivity index (χ4n) is 2.44. The molecule has 1 aromatic heterocycles. The number of aromatic amines is 1. The van der Waals surface area contributed by atoms with E-state index in [1.165, 1.54) is 6.33 Å². The van der Waals surface area contributed by atoms with E-state index in [0.29, 0.717) is 6.54 Å². The Kier molecular flexibility index (Phi) is 4.16. The van der Waals surface area contributed by atoms with E-state index in [9.17, 15) is 9.59 Å². The number of nitrogens with one attached hydrogen (secondary N) is 2. The number of H-pyrrole nitrogens is 1. The van der Waals surface area contributed by atoms with E-state index in [1.54, 1.807) is 4.90 Å². The summed E-state index contributed by atoms with van der Waals surface area (Å²) in [4.78, 5) is 31.5. The number of nitrogens with zero attached hydrogens (tertiary/aromatic N) is 2. The molecule has 7 nitrogen and oxygen atoms in total. The maximum absolute atomic E-state index is 12.4. The molecule has 2 heterocycles. The molecule has 0 bridgehead atoms. The average molecular weight is 266 g/mol. The fourth-order valence-corrected chi connectivity index (χ4v) is 2.44. The number of hydrogen-bond acceptors (Lipinski definition) is 4. The smallest absolute Gasteiger partial charge is 0.354 e. The average Bonchev–Trinajstić information content (AvgIpc) is 2.90. The minimum absolute atomic E-state index is 0.00659. The topological polar surface area (TPSA) is 98.3 Å². The highest BCUT2D eigenvalue weighted by Crippen LogP contribution is 2.16. The zero-order chi connectivity index (χ0) is 13.8. The number of imidazole rings is 1. The van der Waals surface area contributed by atoms with Crippen LogP contribution < -0.4 is 5.32 Å². The Morgan fingerprint density at radius 3 is 2.74 bits per heavy atom. The first-order chi connectivity index (χ1) is 9.15. The molecule has 1 saturated heterocycles. The van der Waals surface area contributed by atoms with Crippen molar-refractivity contribution in [1.82, 2.24) is 20.2 Å². The van der Waals surface area contributed by atoms with E-state index in [1.807, 2.05) is 6.92 Å². The van der Waals surface area contributed by atoms with Crippen LogP contribution in [0.4, 0.5) is 0 Å². The first-order valence-corrected chi connectivity index (χ1v) is 6.43. The molecule has 0 saturated carbocycles. The normalized spacial score (nSPS) is 16.3. The second kappa shape index (κ2) is 5.83. The molecule has 2 rings (SSSR count). The van der Waals surface area contributed by atoms with Crippen molar-refractivity contribution in [3.63, 3.8) is 0 Å². The van der Waals surface area contributed by atoms with E-state index in [-0.39, 0.29) is 23.3 Å². The van der Waals surface area contributed by atoms with Crippen LogP contribution in [-0.4, -0.2) is 57.5 Å². The molecule has 0 aromatic carbocycles. The Bertz CT molecular complexity index is 465. The lowest BCUT2D eigenvalue weighted by molar-refractivity contribution is 0.0622. The lowest BCUT2D eigenvalue weighted by atomic mass is 10.0. The molecule has 1 aliphatic heterocycles. The van der Waals surface area contributed by atoms with Gasteiger partial charge in [-0.3, -0.25) is 4.79 Å². The van der Waals surface area contributed by atoms with Crippen LogP contribution >= 0.6 is 0 Å². The second-order valence-corrected chi connectivity index (χ2v) is 4.50. The number of carbonyl (C=O) groups excluding carboxylic acids is 1. The third-order valence-electron chi connectivity index (χ3n) is 3.41. The van der Waals surface area contributed by atoms with Gasteiger partial charge < -0.3 is 20.3 Å². The van der Waals surface area contributed by atoms with Crippen molar-refractivity contribution >= 4 is 11.9 Å². The van der Waals surface area contributed by atoms with Crippen LogP contribution in [0.5, 0.6) is 0 Å². The Labute approximate surface area is 111 Å². The third-order valence-corrected chi connectivity index (χ3v) is 3.41. The van der Waals surface area contributed by atoms with Crippen LogP contribution in [0, 0.1) is 0 Å². The summed E-state index contributed by atoms with van der Waals surface area (Å²) in [6.45, 7) is 4.20. The minimum Gasteiger partial charge on any atom is -0.477 e. The summed E-state index contributed by atoms with van der Waals surface area (Å²) >= 11 is 0. The molecule has 19 heavy (non-hydrogen) atoms. The standard InChI is InChI=1S/C12H18N4O3/c1-2-16(8-3-5-13-6-4-8)11(17)9-10(12(18)19)15-7-14-9/h7-8,13H,2-6H2,1H3,(H,14,15)(H,18,19). The van der Waals surface area contributed by atoms with Gasteiger partial charge in [-0.25, -0.2) is 9.78 Å². The monoisotopic (exact) mass is 266 g/mol. The maximum Gasteiger partial charge on any atom is 0.354 e. The van der Waals surface area contributed by atoms with Gasteiger partial charge in [0.05, 0.1) is 6.33 Å². The molecule has 0 atom stereocenters. The van der Waals surface area contributed by atoms with Gasteiger partial charge in [0, 0.05) is 12.6 Å². The molecule has 0 aliphatic carbocycles. The number of carboxylic acids is 1. The number of carboxylic acid groups (broad SMARTS) is 1. The first-order valence-electron chi connectivity index (χ1n) is 6.43. The van der Waals surface area contributed by atoms with E-state index in [0.717, 1.165) is 25.9 Å². The van der Waals surface area contributed by atoms with Crippen molar-refractivity contribution in [3.05, 3.63) is 17.7 Å². The maximum atomic E-state index is 12.4. The van der Waals surface area contributed by atoms with Crippen molar-refractivity contribution in [2.75, 3.05) is 19.6 Å². The predicted octanol–water partition coefficient (Wildman–Crippen LogP) is 0.322. The first kappa shape index (κ1) is 13.5. The third kappa shape index (κ3) is 2.76. The lowest BCUT2D eigenvalue weighted by Crippen LogP contribution is -2.46. The number of hydrogen-bond donors (Lipinski definition) is 3. The highest BCUT2D eigenvalue weighted by atomic mass is 16.4. The number of carbonyl (C=O) groups is 2. The summed E-state index contributed by atoms with van der Waals surface area (Å²) in [5.41, 5.74) is -0.148. The Hall–Kier alpha value is -1.89. The van der Waals surface area contributed by atoms with E-state index in [2.05, 4.69) is 15.3 Å². The van der Waals surface area contributed by atoms with Gasteiger partial charge >= 0.3 is 5.97 Å². The molecule has 1 aliphatic rings. The summed E-state index contributed by atoms with van der Waals surface area (Å²) in [7, 11) is 0. The van der Waals surface area contributed by atoms with Crippen molar-refractivity contribution < 1.29 is 14.7 Å². The fraction of sp³-hybridized carbons (Fsp3) is 0.583. The Morgan fingerprint density at radius 2 is 2.16 bits per heavy atom. The highest BCUT2D eigenvalue weighted by molar-refractivity contribution is 6.02. The summed E-state index contributed by atoms with van der Waals surface area (Å²) in [5, 5.41) is 12.3. The summed E-state index contributed by atoms with van der Waals surface area (Å²) in [6.07, 6.45) is 3.01. The molecule has 1 amide bonds. The van der Waals surface area contributed by atoms with Gasteiger partial charge in [-0.2, -0.15) is 0 Å². The van der Waals surface area contributed by atoms with E-state index in [4.69, 9.17) is 5.11 Å². The number of amides is 1. The van der Waals surface area contributed by atoms with Crippen molar-refractivity contribution in [1.29, 1.82) is 0 Å².